The fourth-order valence-electron chi connectivity index (χ4n) is 2.11. The van der Waals surface area contributed by atoms with E-state index in [1.54, 1.807) is 19.3 Å². The first kappa shape index (κ1) is 18.9. The highest BCUT2D eigenvalue weighted by atomic mass is 79.9. The minimum atomic E-state index is -0.578. The SMILES string of the molecule is CN(Cc1ccc(N(C)C)cc1)C(=O)COC(=O)c1cncc(Br)c1. The molecule has 2 rings (SSSR count). The molecule has 132 valence electrons. The Morgan fingerprint density at radius 3 is 2.40 bits per heavy atom. The Kier molecular flexibility index (Phi) is 6.52. The van der Waals surface area contributed by atoms with Crippen LogP contribution >= 0.6 is 15.9 Å². The molecule has 2 aromatic rings. The summed E-state index contributed by atoms with van der Waals surface area (Å²) in [5.74, 6) is -0.848. The van der Waals surface area contributed by atoms with Gasteiger partial charge in [0.15, 0.2) is 6.61 Å². The van der Waals surface area contributed by atoms with E-state index in [1.807, 2.05) is 43.3 Å². The third kappa shape index (κ3) is 5.56. The minimum absolute atomic E-state index is 0.270. The van der Waals surface area contributed by atoms with Crippen molar-refractivity contribution in [2.24, 2.45) is 0 Å². The summed E-state index contributed by atoms with van der Waals surface area (Å²) in [6, 6.07) is 9.52. The molecule has 0 fully saturated rings. The van der Waals surface area contributed by atoms with Crippen molar-refractivity contribution in [1.29, 1.82) is 0 Å². The molecule has 0 saturated heterocycles. The van der Waals surface area contributed by atoms with Crippen molar-refractivity contribution in [1.82, 2.24) is 9.88 Å². The van der Waals surface area contributed by atoms with E-state index in [1.165, 1.54) is 11.1 Å². The average molecular weight is 406 g/mol. The molecular formula is C18H20BrN3O3. The normalized spacial score (nSPS) is 10.2. The van der Waals surface area contributed by atoms with Crippen LogP contribution in [0.4, 0.5) is 5.69 Å². The van der Waals surface area contributed by atoms with Gasteiger partial charge >= 0.3 is 5.97 Å². The van der Waals surface area contributed by atoms with Crippen LogP contribution < -0.4 is 4.90 Å². The largest absolute Gasteiger partial charge is 0.452 e. The molecule has 0 saturated carbocycles. The van der Waals surface area contributed by atoms with Crippen molar-refractivity contribution >= 4 is 33.5 Å². The highest BCUT2D eigenvalue weighted by Gasteiger charge is 2.14. The molecule has 1 aromatic carbocycles. The summed E-state index contributed by atoms with van der Waals surface area (Å²) in [6.07, 6.45) is 2.96. The first-order valence-electron chi connectivity index (χ1n) is 7.64. The highest BCUT2D eigenvalue weighted by molar-refractivity contribution is 9.10. The molecule has 0 aliphatic carbocycles. The number of halogens is 1. The lowest BCUT2D eigenvalue weighted by Gasteiger charge is -2.18. The molecule has 0 atom stereocenters. The van der Waals surface area contributed by atoms with E-state index in [0.29, 0.717) is 16.6 Å². The number of aromatic nitrogens is 1. The van der Waals surface area contributed by atoms with E-state index in [9.17, 15) is 9.59 Å². The fourth-order valence-corrected chi connectivity index (χ4v) is 2.47. The van der Waals surface area contributed by atoms with Gasteiger partial charge in [-0.2, -0.15) is 0 Å². The lowest BCUT2D eigenvalue weighted by Crippen LogP contribution is -2.30. The van der Waals surface area contributed by atoms with Gasteiger partial charge in [0.1, 0.15) is 0 Å². The van der Waals surface area contributed by atoms with Crippen LogP contribution in [0, 0.1) is 0 Å². The van der Waals surface area contributed by atoms with Crippen LogP contribution in [0.5, 0.6) is 0 Å². The lowest BCUT2D eigenvalue weighted by atomic mass is 10.2. The quantitative estimate of drug-likeness (QED) is 0.691. The number of pyridine rings is 1. The summed E-state index contributed by atoms with van der Waals surface area (Å²) in [7, 11) is 5.62. The second-order valence-electron chi connectivity index (χ2n) is 5.78. The monoisotopic (exact) mass is 405 g/mol. The molecule has 0 N–H and O–H groups in total. The zero-order valence-electron chi connectivity index (χ0n) is 14.4. The zero-order valence-corrected chi connectivity index (χ0v) is 16.0. The van der Waals surface area contributed by atoms with Crippen LogP contribution in [-0.2, 0) is 16.1 Å². The van der Waals surface area contributed by atoms with Crippen molar-refractivity contribution in [2.75, 3.05) is 32.6 Å². The van der Waals surface area contributed by atoms with Crippen molar-refractivity contribution in [3.63, 3.8) is 0 Å². The second kappa shape index (κ2) is 8.62. The number of hydrogen-bond acceptors (Lipinski definition) is 5. The van der Waals surface area contributed by atoms with Crippen molar-refractivity contribution in [3.05, 3.63) is 58.3 Å². The van der Waals surface area contributed by atoms with Gasteiger partial charge in [-0.15, -0.1) is 0 Å². The fraction of sp³-hybridized carbons (Fsp3) is 0.278. The molecule has 7 heteroatoms. The lowest BCUT2D eigenvalue weighted by molar-refractivity contribution is -0.133. The third-order valence-corrected chi connectivity index (χ3v) is 4.00. The number of rotatable bonds is 6. The van der Waals surface area contributed by atoms with Gasteiger partial charge in [-0.1, -0.05) is 12.1 Å². The first-order valence-corrected chi connectivity index (χ1v) is 8.44. The van der Waals surface area contributed by atoms with Gasteiger partial charge in [0, 0.05) is 50.2 Å². The maximum atomic E-state index is 12.1. The number of hydrogen-bond donors (Lipinski definition) is 0. The van der Waals surface area contributed by atoms with Crippen LogP contribution in [0.3, 0.4) is 0 Å². The predicted octanol–water partition coefficient (Wildman–Crippen LogP) is 2.73. The van der Waals surface area contributed by atoms with E-state index >= 15 is 0 Å². The molecular weight excluding hydrogens is 386 g/mol. The maximum absolute atomic E-state index is 12.1. The van der Waals surface area contributed by atoms with Crippen LogP contribution in [0.1, 0.15) is 15.9 Å². The molecule has 1 heterocycles. The average Bonchev–Trinajstić information content (AvgIpc) is 2.59. The molecule has 1 aromatic heterocycles. The first-order chi connectivity index (χ1) is 11.9. The van der Waals surface area contributed by atoms with E-state index in [4.69, 9.17) is 4.74 Å². The number of carbonyl (C=O) groups is 2. The molecule has 0 bridgehead atoms. The van der Waals surface area contributed by atoms with Gasteiger partial charge in [-0.3, -0.25) is 9.78 Å². The molecule has 0 aliphatic rings. The summed E-state index contributed by atoms with van der Waals surface area (Å²) in [5.41, 5.74) is 2.39. The molecule has 6 nitrogen and oxygen atoms in total. The number of anilines is 1. The minimum Gasteiger partial charge on any atom is -0.452 e. The Balaban J connectivity index is 1.86. The van der Waals surface area contributed by atoms with Gasteiger partial charge in [0.05, 0.1) is 5.56 Å². The molecule has 25 heavy (non-hydrogen) atoms. The predicted molar refractivity (Wildman–Crippen MR) is 99.5 cm³/mol. The summed E-state index contributed by atoms with van der Waals surface area (Å²) in [6.45, 7) is 0.139. The molecule has 1 amide bonds. The van der Waals surface area contributed by atoms with Crippen molar-refractivity contribution in [3.8, 4) is 0 Å². The number of likely N-dealkylation sites (N-methyl/N-ethyl adjacent to an activating group) is 1. The van der Waals surface area contributed by atoms with Gasteiger partial charge in [-0.25, -0.2) is 4.79 Å². The summed E-state index contributed by atoms with van der Waals surface area (Å²) >= 11 is 3.24. The Labute approximate surface area is 155 Å². The number of amides is 1. The number of ether oxygens (including phenoxy) is 1. The maximum Gasteiger partial charge on any atom is 0.340 e. The summed E-state index contributed by atoms with van der Waals surface area (Å²) in [5, 5.41) is 0. The highest BCUT2D eigenvalue weighted by Crippen LogP contribution is 2.14. The van der Waals surface area contributed by atoms with Crippen molar-refractivity contribution < 1.29 is 14.3 Å². The van der Waals surface area contributed by atoms with E-state index < -0.39 is 5.97 Å². The molecule has 0 spiro atoms. The Hall–Kier alpha value is -2.41. The summed E-state index contributed by atoms with van der Waals surface area (Å²) in [4.78, 5) is 31.5. The Morgan fingerprint density at radius 1 is 1.12 bits per heavy atom. The van der Waals surface area contributed by atoms with Gasteiger partial charge < -0.3 is 14.5 Å². The van der Waals surface area contributed by atoms with E-state index in [-0.39, 0.29) is 12.5 Å². The van der Waals surface area contributed by atoms with Gasteiger partial charge in [-0.05, 0) is 39.7 Å². The number of benzene rings is 1. The van der Waals surface area contributed by atoms with Gasteiger partial charge in [0.2, 0.25) is 0 Å². The van der Waals surface area contributed by atoms with Gasteiger partial charge in [0.25, 0.3) is 5.91 Å². The van der Waals surface area contributed by atoms with E-state index in [0.717, 1.165) is 11.3 Å². The number of esters is 1. The standard InChI is InChI=1S/C18H20BrN3O3/c1-21(2)16-6-4-13(5-7-16)11-22(3)17(23)12-25-18(24)14-8-15(19)10-20-9-14/h4-10H,11-12H2,1-3H3. The zero-order chi connectivity index (χ0) is 18.4. The van der Waals surface area contributed by atoms with Crippen molar-refractivity contribution in [2.45, 2.75) is 6.54 Å². The molecule has 0 aliphatic heterocycles. The molecule has 0 radical (unpaired) electrons. The Bertz CT molecular complexity index is 747. The third-order valence-electron chi connectivity index (χ3n) is 3.57. The van der Waals surface area contributed by atoms with Crippen LogP contribution in [-0.4, -0.2) is 49.5 Å². The topological polar surface area (TPSA) is 62.7 Å². The second-order valence-corrected chi connectivity index (χ2v) is 6.69. The smallest absolute Gasteiger partial charge is 0.340 e. The van der Waals surface area contributed by atoms with Crippen LogP contribution in [0.2, 0.25) is 0 Å². The van der Waals surface area contributed by atoms with E-state index in [2.05, 4.69) is 20.9 Å². The number of nitrogens with zero attached hydrogens (tertiary/aromatic N) is 3. The summed E-state index contributed by atoms with van der Waals surface area (Å²) < 4.78 is 5.73. The Morgan fingerprint density at radius 2 is 1.80 bits per heavy atom. The van der Waals surface area contributed by atoms with Crippen LogP contribution in [0.15, 0.2) is 47.2 Å². The number of carbonyl (C=O) groups excluding carboxylic acids is 2. The molecule has 0 unspecified atom stereocenters. The van der Waals surface area contributed by atoms with Crippen LogP contribution in [0.25, 0.3) is 0 Å².